The molecule has 0 bridgehead atoms. The molecular formula is C21H21IrNO-2. The third kappa shape index (κ3) is 2.22. The van der Waals surface area contributed by atoms with Gasteiger partial charge in [-0.1, -0.05) is 38.8 Å². The van der Waals surface area contributed by atoms with Crippen LogP contribution in [0, 0.1) is 19.1 Å². The van der Waals surface area contributed by atoms with Crippen molar-refractivity contribution in [2.45, 2.75) is 51.9 Å². The van der Waals surface area contributed by atoms with Gasteiger partial charge in [0, 0.05) is 20.1 Å². The number of nitrogens with zero attached hydrogens (tertiary/aromatic N) is 1. The van der Waals surface area contributed by atoms with Crippen LogP contribution in [-0.2, 0) is 30.9 Å². The first kappa shape index (κ1) is 17.4. The molecule has 24 heavy (non-hydrogen) atoms. The van der Waals surface area contributed by atoms with Crippen molar-refractivity contribution < 1.29 is 20.1 Å². The van der Waals surface area contributed by atoms with Gasteiger partial charge < -0.3 is 9.20 Å². The molecule has 127 valence electrons. The molecule has 0 fully saturated rings. The van der Waals surface area contributed by atoms with Gasteiger partial charge in [-0.3, -0.25) is 0 Å². The molecule has 3 heteroatoms. The van der Waals surface area contributed by atoms with Crippen LogP contribution in [0.15, 0.2) is 29.2 Å². The van der Waals surface area contributed by atoms with Crippen LogP contribution < -0.4 is 5.43 Å². The van der Waals surface area contributed by atoms with Crippen molar-refractivity contribution >= 4 is 16.3 Å². The van der Waals surface area contributed by atoms with Gasteiger partial charge in [0.25, 0.3) is 0 Å². The van der Waals surface area contributed by atoms with E-state index in [1.165, 1.54) is 5.56 Å². The molecule has 0 N–H and O–H groups in total. The molecule has 4 rings (SSSR count). The number of aromatic nitrogens is 1. The molecule has 1 aromatic carbocycles. The smallest absolute Gasteiger partial charge is 0.0661 e. The Bertz CT molecular complexity index is 1030. The molecule has 0 saturated carbocycles. The number of hydrogen-bond donors (Lipinski definition) is 0. The third-order valence-corrected chi connectivity index (χ3v) is 5.22. The maximum atomic E-state index is 12.9. The van der Waals surface area contributed by atoms with Gasteiger partial charge in [0.1, 0.15) is 0 Å². The molecular weight excluding hydrogens is 474 g/mol. The largest absolute Gasteiger partial charge is 0.395 e. The van der Waals surface area contributed by atoms with E-state index in [2.05, 4.69) is 63.4 Å². The van der Waals surface area contributed by atoms with Gasteiger partial charge in [0.2, 0.25) is 0 Å². The zero-order valence-electron chi connectivity index (χ0n) is 14.7. The zero-order chi connectivity index (χ0) is 16.6. The van der Waals surface area contributed by atoms with Gasteiger partial charge in [0.15, 0.2) is 0 Å². The fourth-order valence-corrected chi connectivity index (χ4v) is 4.68. The molecule has 1 radical (unpaired) electrons. The maximum absolute atomic E-state index is 12.9. The Morgan fingerprint density at radius 1 is 1.17 bits per heavy atom. The second-order valence-electron chi connectivity index (χ2n) is 8.11. The number of fused-ring (bicyclic) bond motifs is 5. The Labute approximate surface area is 156 Å². The predicted octanol–water partition coefficient (Wildman–Crippen LogP) is 4.32. The summed E-state index contributed by atoms with van der Waals surface area (Å²) in [6.45, 7) is 10.9. The molecule has 1 aliphatic rings. The Kier molecular flexibility index (Phi) is 3.82. The van der Waals surface area contributed by atoms with Crippen molar-refractivity contribution in [1.82, 2.24) is 4.40 Å². The van der Waals surface area contributed by atoms with E-state index in [9.17, 15) is 4.79 Å². The first-order chi connectivity index (χ1) is 10.7. The monoisotopic (exact) mass is 496 g/mol. The Morgan fingerprint density at radius 3 is 2.58 bits per heavy atom. The molecule has 2 heterocycles. The van der Waals surface area contributed by atoms with Crippen molar-refractivity contribution in [3.8, 4) is 0 Å². The van der Waals surface area contributed by atoms with Gasteiger partial charge in [-0.25, -0.2) is 11.5 Å². The van der Waals surface area contributed by atoms with E-state index >= 15 is 0 Å². The predicted molar refractivity (Wildman–Crippen MR) is 94.3 cm³/mol. The Hall–Kier alpha value is -1.44. The van der Waals surface area contributed by atoms with Crippen molar-refractivity contribution in [2.24, 2.45) is 0 Å². The number of benzene rings is 1. The van der Waals surface area contributed by atoms with Crippen LogP contribution in [0.25, 0.3) is 16.3 Å². The van der Waals surface area contributed by atoms with Crippen molar-refractivity contribution in [2.75, 3.05) is 0 Å². The first-order valence-electron chi connectivity index (χ1n) is 8.15. The second-order valence-corrected chi connectivity index (χ2v) is 8.11. The van der Waals surface area contributed by atoms with E-state index in [1.54, 1.807) is 0 Å². The summed E-state index contributed by atoms with van der Waals surface area (Å²) in [6, 6.07) is 12.4. The number of rotatable bonds is 0. The summed E-state index contributed by atoms with van der Waals surface area (Å²) < 4.78 is 2.19. The number of aryl methyl sites for hydroxylation is 1. The fraction of sp³-hybridized carbons (Fsp3) is 0.381. The number of hydrogen-bond acceptors (Lipinski definition) is 1. The van der Waals surface area contributed by atoms with Gasteiger partial charge in [-0.2, -0.15) is 17.5 Å². The molecule has 0 spiro atoms. The quantitative estimate of drug-likeness (QED) is 0.336. The van der Waals surface area contributed by atoms with Gasteiger partial charge in [-0.15, -0.1) is 17.6 Å². The summed E-state index contributed by atoms with van der Waals surface area (Å²) in [5, 5.41) is 2.12. The molecule has 2 nitrogen and oxygen atoms in total. The van der Waals surface area contributed by atoms with Crippen LogP contribution in [-0.4, -0.2) is 4.40 Å². The molecule has 2 aromatic heterocycles. The summed E-state index contributed by atoms with van der Waals surface area (Å²) >= 11 is 0. The van der Waals surface area contributed by atoms with E-state index in [1.807, 2.05) is 12.1 Å². The summed E-state index contributed by atoms with van der Waals surface area (Å²) in [5.41, 5.74) is 4.00. The second kappa shape index (κ2) is 5.28. The topological polar surface area (TPSA) is 21.5 Å². The van der Waals surface area contributed by atoms with Gasteiger partial charge in [0.05, 0.1) is 5.43 Å². The minimum Gasteiger partial charge on any atom is -0.395 e. The van der Waals surface area contributed by atoms with E-state index in [0.717, 1.165) is 34.0 Å². The summed E-state index contributed by atoms with van der Waals surface area (Å²) in [4.78, 5) is 12.9. The van der Waals surface area contributed by atoms with E-state index in [0.29, 0.717) is 0 Å². The van der Waals surface area contributed by atoms with Crippen LogP contribution in [0.3, 0.4) is 0 Å². The van der Waals surface area contributed by atoms with Crippen molar-refractivity contribution in [3.05, 3.63) is 63.6 Å². The normalized spacial score (nSPS) is 17.7. The average Bonchev–Trinajstić information content (AvgIpc) is 2.66. The third-order valence-electron chi connectivity index (χ3n) is 5.22. The van der Waals surface area contributed by atoms with E-state index in [-0.39, 0.29) is 36.4 Å². The molecule has 1 aliphatic carbocycles. The Balaban J connectivity index is 0.00000169. The van der Waals surface area contributed by atoms with Crippen LogP contribution in [0.1, 0.15) is 50.9 Å². The molecule has 0 amide bonds. The molecule has 0 saturated heterocycles. The van der Waals surface area contributed by atoms with E-state index in [4.69, 9.17) is 0 Å². The van der Waals surface area contributed by atoms with Gasteiger partial charge >= 0.3 is 0 Å². The molecule has 0 atom stereocenters. The SMILES string of the molecule is Cc1cn2c3c(c(=O)[c-]c2c2[c-]cccc12)C(C)(C)CC3(C)C.[Ir]. The fourth-order valence-electron chi connectivity index (χ4n) is 4.68. The molecule has 3 aromatic rings. The van der Waals surface area contributed by atoms with Crippen LogP contribution in [0.5, 0.6) is 0 Å². The van der Waals surface area contributed by atoms with Crippen molar-refractivity contribution in [1.29, 1.82) is 0 Å². The van der Waals surface area contributed by atoms with Crippen LogP contribution in [0.4, 0.5) is 0 Å². The summed E-state index contributed by atoms with van der Waals surface area (Å²) in [7, 11) is 0. The van der Waals surface area contributed by atoms with Crippen LogP contribution in [0.2, 0.25) is 0 Å². The first-order valence-corrected chi connectivity index (χ1v) is 8.15. The standard InChI is InChI=1S/C21H21NO.Ir/c1-13-11-22-16(15-9-7-6-8-14(13)15)10-17(23)18-19(22)21(4,5)12-20(18,2)3;/h6-8,11H,12H2,1-5H3;/q-2;. The maximum Gasteiger partial charge on any atom is 0.0661 e. The van der Waals surface area contributed by atoms with Crippen LogP contribution >= 0.6 is 0 Å². The Morgan fingerprint density at radius 2 is 1.88 bits per heavy atom. The molecule has 0 unspecified atom stereocenters. The summed E-state index contributed by atoms with van der Waals surface area (Å²) in [6.07, 6.45) is 3.13. The zero-order valence-corrected chi connectivity index (χ0v) is 17.1. The van der Waals surface area contributed by atoms with Crippen molar-refractivity contribution in [3.63, 3.8) is 0 Å². The number of pyridine rings is 2. The molecule has 0 aliphatic heterocycles. The minimum absolute atomic E-state index is 0. The summed E-state index contributed by atoms with van der Waals surface area (Å²) in [5.74, 6) is 0. The van der Waals surface area contributed by atoms with Gasteiger partial charge in [-0.05, 0) is 36.1 Å². The van der Waals surface area contributed by atoms with E-state index < -0.39 is 0 Å². The minimum atomic E-state index is -0.114. The average molecular weight is 496 g/mol.